The standard InChI is InChI=1S/C12H15NO4S/c1-2-10(12(13)16)18(17)9-5-3-8(4-6-9)7-11(14)15/h3-6,10H,2,7H2,1H3,(H2,13,16)(H,14,15). The summed E-state index contributed by atoms with van der Waals surface area (Å²) in [5, 5.41) is 7.91. The number of carbonyl (C=O) groups is 2. The molecule has 18 heavy (non-hydrogen) atoms. The van der Waals surface area contributed by atoms with Gasteiger partial charge in [0.15, 0.2) is 0 Å². The summed E-state index contributed by atoms with van der Waals surface area (Å²) in [5.41, 5.74) is 5.79. The number of carboxylic acid groups (broad SMARTS) is 1. The lowest BCUT2D eigenvalue weighted by Gasteiger charge is -2.10. The first-order chi connectivity index (χ1) is 8.45. The zero-order chi connectivity index (χ0) is 13.7. The Morgan fingerprint density at radius 3 is 2.28 bits per heavy atom. The number of hydrogen-bond donors (Lipinski definition) is 2. The van der Waals surface area contributed by atoms with Crippen LogP contribution in [-0.2, 0) is 26.8 Å². The molecular weight excluding hydrogens is 254 g/mol. The SMILES string of the molecule is CCC(C(N)=O)S(=O)c1ccc(CC(=O)O)cc1. The van der Waals surface area contributed by atoms with Crippen LogP contribution in [0.25, 0.3) is 0 Å². The molecule has 2 unspecified atom stereocenters. The molecule has 1 aromatic rings. The minimum Gasteiger partial charge on any atom is -0.481 e. The van der Waals surface area contributed by atoms with Crippen LogP contribution in [0.2, 0.25) is 0 Å². The van der Waals surface area contributed by atoms with Crippen molar-refractivity contribution in [3.8, 4) is 0 Å². The summed E-state index contributed by atoms with van der Waals surface area (Å²) in [6.45, 7) is 1.74. The highest BCUT2D eigenvalue weighted by atomic mass is 32.2. The van der Waals surface area contributed by atoms with Crippen LogP contribution in [0.3, 0.4) is 0 Å². The quantitative estimate of drug-likeness (QED) is 0.793. The number of amides is 1. The normalized spacial score (nSPS) is 13.8. The van der Waals surface area contributed by atoms with Gasteiger partial charge in [-0.1, -0.05) is 19.1 Å². The van der Waals surface area contributed by atoms with E-state index in [9.17, 15) is 13.8 Å². The van der Waals surface area contributed by atoms with Gasteiger partial charge in [0.1, 0.15) is 5.25 Å². The fourth-order valence-corrected chi connectivity index (χ4v) is 2.78. The Kier molecular flexibility index (Phi) is 5.03. The van der Waals surface area contributed by atoms with Gasteiger partial charge in [0.2, 0.25) is 5.91 Å². The van der Waals surface area contributed by atoms with Gasteiger partial charge in [0.05, 0.1) is 17.2 Å². The molecule has 2 atom stereocenters. The van der Waals surface area contributed by atoms with Crippen molar-refractivity contribution in [2.45, 2.75) is 29.9 Å². The van der Waals surface area contributed by atoms with Crippen molar-refractivity contribution in [2.75, 3.05) is 0 Å². The Balaban J connectivity index is 2.87. The van der Waals surface area contributed by atoms with Crippen molar-refractivity contribution in [3.63, 3.8) is 0 Å². The van der Waals surface area contributed by atoms with Crippen LogP contribution in [-0.4, -0.2) is 26.4 Å². The molecule has 6 heteroatoms. The maximum absolute atomic E-state index is 12.0. The second-order valence-corrected chi connectivity index (χ2v) is 5.45. The Hall–Kier alpha value is -1.69. The fraction of sp³-hybridized carbons (Fsp3) is 0.333. The van der Waals surface area contributed by atoms with E-state index >= 15 is 0 Å². The highest BCUT2D eigenvalue weighted by molar-refractivity contribution is 7.86. The zero-order valence-electron chi connectivity index (χ0n) is 9.96. The molecule has 0 aromatic heterocycles. The van der Waals surface area contributed by atoms with E-state index < -0.39 is 27.9 Å². The van der Waals surface area contributed by atoms with Crippen LogP contribution in [0.15, 0.2) is 29.2 Å². The Morgan fingerprint density at radius 2 is 1.89 bits per heavy atom. The third-order valence-electron chi connectivity index (χ3n) is 2.46. The molecule has 0 aliphatic carbocycles. The molecule has 0 radical (unpaired) electrons. The van der Waals surface area contributed by atoms with E-state index in [1.807, 2.05) is 0 Å². The first-order valence-electron chi connectivity index (χ1n) is 5.46. The molecule has 3 N–H and O–H groups in total. The van der Waals surface area contributed by atoms with Crippen molar-refractivity contribution < 1.29 is 18.9 Å². The molecular formula is C12H15NO4S. The minimum atomic E-state index is -1.49. The fourth-order valence-electron chi connectivity index (χ4n) is 1.54. The largest absolute Gasteiger partial charge is 0.481 e. The molecule has 0 bridgehead atoms. The van der Waals surface area contributed by atoms with Gasteiger partial charge >= 0.3 is 5.97 Å². The summed E-state index contributed by atoms with van der Waals surface area (Å²) in [6.07, 6.45) is 0.318. The number of aliphatic carboxylic acids is 1. The van der Waals surface area contributed by atoms with E-state index in [0.29, 0.717) is 16.9 Å². The number of carboxylic acids is 1. The Morgan fingerprint density at radius 1 is 1.33 bits per heavy atom. The molecule has 0 spiro atoms. The van der Waals surface area contributed by atoms with Crippen LogP contribution < -0.4 is 5.73 Å². The van der Waals surface area contributed by atoms with E-state index in [4.69, 9.17) is 10.8 Å². The third kappa shape index (κ3) is 3.66. The number of primary amides is 1. The van der Waals surface area contributed by atoms with E-state index in [0.717, 1.165) is 0 Å². The van der Waals surface area contributed by atoms with Crippen LogP contribution >= 0.6 is 0 Å². The minimum absolute atomic E-state index is 0.0834. The summed E-state index contributed by atoms with van der Waals surface area (Å²) in [6, 6.07) is 6.32. The van der Waals surface area contributed by atoms with Crippen molar-refractivity contribution >= 4 is 22.7 Å². The first kappa shape index (κ1) is 14.4. The van der Waals surface area contributed by atoms with Crippen molar-refractivity contribution in [3.05, 3.63) is 29.8 Å². The molecule has 0 aliphatic heterocycles. The molecule has 98 valence electrons. The topological polar surface area (TPSA) is 97.5 Å². The summed E-state index contributed by atoms with van der Waals surface area (Å²) in [5.74, 6) is -1.52. The Bertz CT molecular complexity index is 469. The number of rotatable bonds is 6. The summed E-state index contributed by atoms with van der Waals surface area (Å²) in [7, 11) is -1.49. The average molecular weight is 269 g/mol. The lowest BCUT2D eigenvalue weighted by molar-refractivity contribution is -0.136. The summed E-state index contributed by atoms with van der Waals surface area (Å²) >= 11 is 0. The lowest BCUT2D eigenvalue weighted by Crippen LogP contribution is -2.31. The molecule has 1 aromatic carbocycles. The van der Waals surface area contributed by atoms with Crippen LogP contribution in [0.4, 0.5) is 0 Å². The molecule has 5 nitrogen and oxygen atoms in total. The summed E-state index contributed by atoms with van der Waals surface area (Å²) < 4.78 is 12.0. The van der Waals surface area contributed by atoms with Gasteiger partial charge in [-0.15, -0.1) is 0 Å². The maximum Gasteiger partial charge on any atom is 0.307 e. The first-order valence-corrected chi connectivity index (χ1v) is 6.67. The number of hydrogen-bond acceptors (Lipinski definition) is 3. The molecule has 0 heterocycles. The monoisotopic (exact) mass is 269 g/mol. The average Bonchev–Trinajstić information content (AvgIpc) is 2.29. The van der Waals surface area contributed by atoms with Gasteiger partial charge in [-0.05, 0) is 24.1 Å². The van der Waals surface area contributed by atoms with Gasteiger partial charge in [-0.25, -0.2) is 0 Å². The molecule has 0 fully saturated rings. The zero-order valence-corrected chi connectivity index (χ0v) is 10.8. The summed E-state index contributed by atoms with van der Waals surface area (Å²) in [4.78, 5) is 22.1. The molecule has 1 rings (SSSR count). The van der Waals surface area contributed by atoms with Crippen molar-refractivity contribution in [1.82, 2.24) is 0 Å². The van der Waals surface area contributed by atoms with Gasteiger partial charge in [-0.2, -0.15) is 0 Å². The number of carbonyl (C=O) groups excluding carboxylic acids is 1. The highest BCUT2D eigenvalue weighted by Gasteiger charge is 2.21. The van der Waals surface area contributed by atoms with Gasteiger partial charge < -0.3 is 10.8 Å². The maximum atomic E-state index is 12.0. The van der Waals surface area contributed by atoms with Crippen LogP contribution in [0, 0.1) is 0 Å². The second-order valence-electron chi connectivity index (χ2n) is 3.81. The van der Waals surface area contributed by atoms with E-state index in [2.05, 4.69) is 0 Å². The molecule has 1 amide bonds. The Labute approximate surface area is 107 Å². The van der Waals surface area contributed by atoms with Crippen molar-refractivity contribution in [2.24, 2.45) is 5.73 Å². The second kappa shape index (κ2) is 6.30. The van der Waals surface area contributed by atoms with Gasteiger partial charge in [0, 0.05) is 4.90 Å². The molecule has 0 saturated heterocycles. The van der Waals surface area contributed by atoms with E-state index in [1.54, 1.807) is 31.2 Å². The van der Waals surface area contributed by atoms with Crippen LogP contribution in [0.5, 0.6) is 0 Å². The van der Waals surface area contributed by atoms with Gasteiger partial charge in [-0.3, -0.25) is 13.8 Å². The van der Waals surface area contributed by atoms with Gasteiger partial charge in [0.25, 0.3) is 0 Å². The smallest absolute Gasteiger partial charge is 0.307 e. The predicted octanol–water partition coefficient (Wildman–Crippen LogP) is 0.685. The number of benzene rings is 1. The molecule has 0 saturated carbocycles. The van der Waals surface area contributed by atoms with E-state index in [1.165, 1.54) is 0 Å². The third-order valence-corrected chi connectivity index (χ3v) is 4.28. The van der Waals surface area contributed by atoms with Crippen molar-refractivity contribution in [1.29, 1.82) is 0 Å². The lowest BCUT2D eigenvalue weighted by atomic mass is 10.2. The van der Waals surface area contributed by atoms with Crippen LogP contribution in [0.1, 0.15) is 18.9 Å². The molecule has 0 aliphatic rings. The predicted molar refractivity (Wildman–Crippen MR) is 67.5 cm³/mol. The van der Waals surface area contributed by atoms with E-state index in [-0.39, 0.29) is 6.42 Å². The highest BCUT2D eigenvalue weighted by Crippen LogP contribution is 2.15. The number of nitrogens with two attached hydrogens (primary N) is 1.